The monoisotopic (exact) mass is 349 g/mol. The number of aromatic carboxylic acids is 1. The molecule has 13 heteroatoms. The second kappa shape index (κ2) is 5.03. The van der Waals surface area contributed by atoms with Crippen LogP contribution in [0.2, 0.25) is 0 Å². The van der Waals surface area contributed by atoms with Crippen molar-refractivity contribution >= 4 is 17.0 Å². The fourth-order valence-electron chi connectivity index (χ4n) is 1.86. The molecule has 0 spiro atoms. The average Bonchev–Trinajstić information content (AvgIpc) is 2.68. The highest BCUT2D eigenvalue weighted by Gasteiger charge is 2.59. The minimum Gasteiger partial charge on any atom is -0.477 e. The van der Waals surface area contributed by atoms with Crippen molar-refractivity contribution in [1.82, 2.24) is 15.0 Å². The highest BCUT2D eigenvalue weighted by molar-refractivity contribution is 5.93. The molecule has 0 saturated carbocycles. The molecule has 1 aromatic carbocycles. The van der Waals surface area contributed by atoms with E-state index in [9.17, 15) is 39.9 Å². The summed E-state index contributed by atoms with van der Waals surface area (Å²) in [6, 6.07) is -4.21. The van der Waals surface area contributed by atoms with Gasteiger partial charge in [0.1, 0.15) is 16.9 Å². The molecular formula is C10H3F8N3O2. The first-order valence-corrected chi connectivity index (χ1v) is 5.45. The minimum atomic E-state index is -5.88. The first-order valence-electron chi connectivity index (χ1n) is 5.45. The van der Waals surface area contributed by atoms with E-state index in [2.05, 4.69) is 10.3 Å². The van der Waals surface area contributed by atoms with E-state index in [0.717, 1.165) is 0 Å². The lowest BCUT2D eigenvalue weighted by Crippen LogP contribution is -2.39. The Labute approximate surface area is 120 Å². The van der Waals surface area contributed by atoms with Crippen LogP contribution in [-0.2, 0) is 0 Å². The average molecular weight is 349 g/mol. The summed E-state index contributed by atoms with van der Waals surface area (Å²) in [6.45, 7) is 0. The normalized spacial score (nSPS) is 13.1. The second-order valence-electron chi connectivity index (χ2n) is 4.24. The van der Waals surface area contributed by atoms with E-state index in [1.54, 1.807) is 0 Å². The van der Waals surface area contributed by atoms with Gasteiger partial charge in [-0.25, -0.2) is 18.3 Å². The molecule has 0 bridgehead atoms. The van der Waals surface area contributed by atoms with Crippen LogP contribution in [0.25, 0.3) is 11.0 Å². The number of carboxylic acid groups (broad SMARTS) is 1. The Bertz CT molecular complexity index is 765. The molecule has 126 valence electrons. The highest BCUT2D eigenvalue weighted by Crippen LogP contribution is 2.43. The minimum absolute atomic E-state index is 0.00759. The summed E-state index contributed by atoms with van der Waals surface area (Å²) >= 11 is 0. The zero-order valence-electron chi connectivity index (χ0n) is 10.4. The Balaban J connectivity index is 2.80. The molecule has 0 unspecified atom stereocenters. The lowest BCUT2D eigenvalue weighted by Gasteiger charge is -2.23. The summed E-state index contributed by atoms with van der Waals surface area (Å²) in [7, 11) is 0. The molecular weight excluding hydrogens is 346 g/mol. The summed E-state index contributed by atoms with van der Waals surface area (Å²) < 4.78 is 102. The Kier molecular flexibility index (Phi) is 3.69. The van der Waals surface area contributed by atoms with Gasteiger partial charge >= 0.3 is 18.3 Å². The molecule has 23 heavy (non-hydrogen) atoms. The van der Waals surface area contributed by atoms with Crippen molar-refractivity contribution in [3.8, 4) is 0 Å². The van der Waals surface area contributed by atoms with E-state index in [0.29, 0.717) is 0 Å². The third kappa shape index (κ3) is 2.77. The molecule has 5 nitrogen and oxygen atoms in total. The van der Waals surface area contributed by atoms with Gasteiger partial charge in [-0.2, -0.15) is 26.3 Å². The summed E-state index contributed by atoms with van der Waals surface area (Å²) in [6.07, 6.45) is -11.8. The molecule has 0 fully saturated rings. The Morgan fingerprint density at radius 2 is 1.65 bits per heavy atom. The smallest absolute Gasteiger partial charge is 0.419 e. The topological polar surface area (TPSA) is 68.0 Å². The number of halogens is 8. The summed E-state index contributed by atoms with van der Waals surface area (Å²) in [5.41, 5.74) is -4.09. The number of hydrogen-bond acceptors (Lipinski definition) is 3. The quantitative estimate of drug-likeness (QED) is 0.847. The third-order valence-corrected chi connectivity index (χ3v) is 2.74. The standard InChI is InChI=1S/C10H3F8N3O2/c11-2-1-3-6(5(12)4(2)7(22)23)19-20-21(3)8(9(13,14)15)10(16,17)18/h1,8H,(H,22,23). The number of rotatable bonds is 2. The van der Waals surface area contributed by atoms with Crippen molar-refractivity contribution < 1.29 is 45.0 Å². The molecule has 0 aliphatic rings. The highest BCUT2D eigenvalue weighted by atomic mass is 19.4. The van der Waals surface area contributed by atoms with Crippen molar-refractivity contribution in [3.63, 3.8) is 0 Å². The molecule has 0 amide bonds. The van der Waals surface area contributed by atoms with Gasteiger partial charge < -0.3 is 5.11 Å². The van der Waals surface area contributed by atoms with Crippen molar-refractivity contribution in [3.05, 3.63) is 23.3 Å². The zero-order valence-corrected chi connectivity index (χ0v) is 10.4. The SMILES string of the molecule is O=C(O)c1c(F)cc2c(nnn2C(C(F)(F)F)C(F)(F)F)c1F. The number of aromatic nitrogens is 3. The third-order valence-electron chi connectivity index (χ3n) is 2.74. The van der Waals surface area contributed by atoms with Crippen molar-refractivity contribution in [2.75, 3.05) is 0 Å². The van der Waals surface area contributed by atoms with Crippen LogP contribution in [0.4, 0.5) is 35.1 Å². The Hall–Kier alpha value is -2.47. The van der Waals surface area contributed by atoms with Crippen LogP contribution in [0.1, 0.15) is 16.4 Å². The molecule has 1 N–H and O–H groups in total. The molecule has 0 aliphatic carbocycles. The molecule has 0 aliphatic heterocycles. The molecule has 0 atom stereocenters. The van der Waals surface area contributed by atoms with Crippen LogP contribution in [0.5, 0.6) is 0 Å². The van der Waals surface area contributed by atoms with Gasteiger partial charge in [-0.3, -0.25) is 0 Å². The maximum atomic E-state index is 13.8. The number of carboxylic acids is 1. The van der Waals surface area contributed by atoms with Crippen LogP contribution in [0.3, 0.4) is 0 Å². The molecule has 1 heterocycles. The number of nitrogens with zero attached hydrogens (tertiary/aromatic N) is 3. The largest absolute Gasteiger partial charge is 0.477 e. The lowest BCUT2D eigenvalue weighted by atomic mass is 10.1. The van der Waals surface area contributed by atoms with E-state index < -0.39 is 57.3 Å². The fourth-order valence-corrected chi connectivity index (χ4v) is 1.86. The number of alkyl halides is 6. The van der Waals surface area contributed by atoms with Crippen LogP contribution in [0, 0.1) is 11.6 Å². The van der Waals surface area contributed by atoms with Gasteiger partial charge in [-0.15, -0.1) is 5.10 Å². The predicted molar refractivity (Wildman–Crippen MR) is 55.6 cm³/mol. The summed E-state index contributed by atoms with van der Waals surface area (Å²) in [5, 5.41) is 13.9. The zero-order chi connectivity index (χ0) is 17.7. The molecule has 2 rings (SSSR count). The van der Waals surface area contributed by atoms with Crippen molar-refractivity contribution in [1.29, 1.82) is 0 Å². The molecule has 0 saturated heterocycles. The predicted octanol–water partition coefficient (Wildman–Crippen LogP) is 3.07. The number of hydrogen-bond donors (Lipinski definition) is 1. The van der Waals surface area contributed by atoms with Gasteiger partial charge in [0.15, 0.2) is 5.82 Å². The van der Waals surface area contributed by atoms with E-state index >= 15 is 0 Å². The van der Waals surface area contributed by atoms with Crippen LogP contribution in [-0.4, -0.2) is 38.4 Å². The molecule has 2 aromatic rings. The first kappa shape index (κ1) is 16.9. The van der Waals surface area contributed by atoms with Crippen LogP contribution >= 0.6 is 0 Å². The fraction of sp³-hybridized carbons (Fsp3) is 0.300. The Morgan fingerprint density at radius 1 is 1.13 bits per heavy atom. The Morgan fingerprint density at radius 3 is 2.09 bits per heavy atom. The van der Waals surface area contributed by atoms with E-state index in [4.69, 9.17) is 5.11 Å². The first-order chi connectivity index (χ1) is 10.4. The van der Waals surface area contributed by atoms with Crippen molar-refractivity contribution in [2.45, 2.75) is 18.4 Å². The maximum absolute atomic E-state index is 13.8. The maximum Gasteiger partial charge on any atom is 0.419 e. The van der Waals surface area contributed by atoms with Crippen LogP contribution < -0.4 is 0 Å². The summed E-state index contributed by atoms with van der Waals surface area (Å²) in [4.78, 5) is 10.7. The number of benzene rings is 1. The number of carbonyl (C=O) groups is 1. The van der Waals surface area contributed by atoms with E-state index in [1.807, 2.05) is 0 Å². The van der Waals surface area contributed by atoms with Gasteiger partial charge in [0.2, 0.25) is 6.04 Å². The number of fused-ring (bicyclic) bond motifs is 1. The van der Waals surface area contributed by atoms with Crippen molar-refractivity contribution in [2.24, 2.45) is 0 Å². The second-order valence-corrected chi connectivity index (χ2v) is 4.24. The molecule has 1 aromatic heterocycles. The van der Waals surface area contributed by atoms with Crippen LogP contribution in [0.15, 0.2) is 6.07 Å². The van der Waals surface area contributed by atoms with Gasteiger partial charge in [-0.1, -0.05) is 5.21 Å². The summed E-state index contributed by atoms with van der Waals surface area (Å²) in [5.74, 6) is -5.91. The van der Waals surface area contributed by atoms with Gasteiger partial charge in [0, 0.05) is 6.07 Å². The van der Waals surface area contributed by atoms with Gasteiger partial charge in [-0.05, 0) is 0 Å². The van der Waals surface area contributed by atoms with E-state index in [1.165, 1.54) is 0 Å². The lowest BCUT2D eigenvalue weighted by molar-refractivity contribution is -0.276. The van der Waals surface area contributed by atoms with E-state index in [-0.39, 0.29) is 6.07 Å². The molecule has 0 radical (unpaired) electrons. The van der Waals surface area contributed by atoms with Gasteiger partial charge in [0.25, 0.3) is 0 Å². The van der Waals surface area contributed by atoms with Gasteiger partial charge in [0.05, 0.1) is 5.52 Å².